The Bertz CT molecular complexity index is 278. The Hall–Kier alpha value is -0.280. The van der Waals surface area contributed by atoms with Gasteiger partial charge < -0.3 is 0 Å². The molecule has 0 fully saturated rings. The summed E-state index contributed by atoms with van der Waals surface area (Å²) in [6, 6.07) is 5.73. The standard InChI is InChI=1S/C10H14Cl2N2/c1-2-7(14-13)6-8-9(11)4-3-5-10(8)12/h3-5,7,14H,2,6,13H2,1H3. The lowest BCUT2D eigenvalue weighted by Crippen LogP contribution is -2.36. The highest BCUT2D eigenvalue weighted by molar-refractivity contribution is 6.35. The summed E-state index contributed by atoms with van der Waals surface area (Å²) < 4.78 is 0. The van der Waals surface area contributed by atoms with E-state index >= 15 is 0 Å². The van der Waals surface area contributed by atoms with Gasteiger partial charge in [0.25, 0.3) is 0 Å². The minimum atomic E-state index is 0.215. The second kappa shape index (κ2) is 5.56. The van der Waals surface area contributed by atoms with Gasteiger partial charge in [-0.2, -0.15) is 0 Å². The molecule has 1 unspecified atom stereocenters. The lowest BCUT2D eigenvalue weighted by Gasteiger charge is -2.15. The van der Waals surface area contributed by atoms with Gasteiger partial charge in [0, 0.05) is 16.1 Å². The molecule has 14 heavy (non-hydrogen) atoms. The molecule has 0 aromatic heterocycles. The van der Waals surface area contributed by atoms with Crippen molar-refractivity contribution in [2.75, 3.05) is 0 Å². The van der Waals surface area contributed by atoms with Gasteiger partial charge in [-0.15, -0.1) is 0 Å². The molecule has 0 amide bonds. The van der Waals surface area contributed by atoms with Gasteiger partial charge in [0.2, 0.25) is 0 Å². The van der Waals surface area contributed by atoms with Crippen LogP contribution in [-0.2, 0) is 6.42 Å². The number of halogens is 2. The summed E-state index contributed by atoms with van der Waals surface area (Å²) in [6.07, 6.45) is 1.70. The minimum absolute atomic E-state index is 0.215. The summed E-state index contributed by atoms with van der Waals surface area (Å²) >= 11 is 12.1. The predicted molar refractivity (Wildman–Crippen MR) is 61.6 cm³/mol. The quantitative estimate of drug-likeness (QED) is 0.619. The van der Waals surface area contributed by atoms with E-state index in [0.29, 0.717) is 10.0 Å². The first-order valence-electron chi connectivity index (χ1n) is 4.58. The van der Waals surface area contributed by atoms with Crippen molar-refractivity contribution in [2.45, 2.75) is 25.8 Å². The van der Waals surface area contributed by atoms with Crippen LogP contribution >= 0.6 is 23.2 Å². The van der Waals surface area contributed by atoms with E-state index in [4.69, 9.17) is 29.0 Å². The van der Waals surface area contributed by atoms with Crippen LogP contribution < -0.4 is 11.3 Å². The van der Waals surface area contributed by atoms with Gasteiger partial charge in [-0.3, -0.25) is 11.3 Å². The molecule has 0 aliphatic rings. The van der Waals surface area contributed by atoms with E-state index < -0.39 is 0 Å². The zero-order valence-electron chi connectivity index (χ0n) is 8.06. The lowest BCUT2D eigenvalue weighted by molar-refractivity contribution is 0.511. The second-order valence-electron chi connectivity index (χ2n) is 3.18. The maximum Gasteiger partial charge on any atom is 0.0453 e. The third-order valence-corrected chi connectivity index (χ3v) is 2.95. The van der Waals surface area contributed by atoms with Gasteiger partial charge in [0.15, 0.2) is 0 Å². The molecule has 78 valence electrons. The monoisotopic (exact) mass is 232 g/mol. The van der Waals surface area contributed by atoms with Crippen LogP contribution in [0.5, 0.6) is 0 Å². The number of benzene rings is 1. The van der Waals surface area contributed by atoms with Crippen molar-refractivity contribution in [3.05, 3.63) is 33.8 Å². The van der Waals surface area contributed by atoms with Crippen molar-refractivity contribution in [1.29, 1.82) is 0 Å². The third kappa shape index (κ3) is 2.85. The maximum atomic E-state index is 6.03. The van der Waals surface area contributed by atoms with Crippen molar-refractivity contribution in [3.63, 3.8) is 0 Å². The molecule has 0 aliphatic heterocycles. The van der Waals surface area contributed by atoms with E-state index in [1.54, 1.807) is 0 Å². The highest BCUT2D eigenvalue weighted by Crippen LogP contribution is 2.25. The molecule has 2 nitrogen and oxygen atoms in total. The van der Waals surface area contributed by atoms with Crippen LogP contribution in [0.3, 0.4) is 0 Å². The van der Waals surface area contributed by atoms with Crippen molar-refractivity contribution >= 4 is 23.2 Å². The summed E-state index contributed by atoms with van der Waals surface area (Å²) in [6.45, 7) is 2.06. The van der Waals surface area contributed by atoms with E-state index in [0.717, 1.165) is 18.4 Å². The van der Waals surface area contributed by atoms with Crippen LogP contribution in [0.15, 0.2) is 18.2 Å². The Kier molecular flexibility index (Phi) is 4.69. The highest BCUT2D eigenvalue weighted by atomic mass is 35.5. The molecule has 0 aliphatic carbocycles. The lowest BCUT2D eigenvalue weighted by atomic mass is 10.0. The van der Waals surface area contributed by atoms with Gasteiger partial charge in [-0.05, 0) is 30.5 Å². The summed E-state index contributed by atoms with van der Waals surface area (Å²) in [5.41, 5.74) is 3.70. The topological polar surface area (TPSA) is 38.0 Å². The fourth-order valence-corrected chi connectivity index (χ4v) is 1.85. The Labute approximate surface area is 94.4 Å². The zero-order chi connectivity index (χ0) is 10.6. The van der Waals surface area contributed by atoms with Gasteiger partial charge in [-0.25, -0.2) is 0 Å². The van der Waals surface area contributed by atoms with Gasteiger partial charge in [-0.1, -0.05) is 36.2 Å². The molecule has 1 atom stereocenters. The minimum Gasteiger partial charge on any atom is -0.271 e. The number of hydrogen-bond acceptors (Lipinski definition) is 2. The summed E-state index contributed by atoms with van der Waals surface area (Å²) in [5, 5.41) is 1.40. The van der Waals surface area contributed by atoms with Crippen LogP contribution in [0.2, 0.25) is 10.0 Å². The smallest absolute Gasteiger partial charge is 0.0453 e. The molecule has 0 radical (unpaired) electrons. The second-order valence-corrected chi connectivity index (χ2v) is 3.99. The van der Waals surface area contributed by atoms with Crippen LogP contribution in [0.25, 0.3) is 0 Å². The van der Waals surface area contributed by atoms with Gasteiger partial charge in [0.1, 0.15) is 0 Å². The molecule has 4 heteroatoms. The van der Waals surface area contributed by atoms with Crippen LogP contribution in [0.1, 0.15) is 18.9 Å². The molecule has 0 bridgehead atoms. The molecule has 0 spiro atoms. The molecule has 1 aromatic carbocycles. The summed E-state index contributed by atoms with van der Waals surface area (Å²) in [7, 11) is 0. The first-order valence-corrected chi connectivity index (χ1v) is 5.33. The molecular formula is C10H14Cl2N2. The van der Waals surface area contributed by atoms with E-state index in [9.17, 15) is 0 Å². The normalized spacial score (nSPS) is 12.9. The van der Waals surface area contributed by atoms with Gasteiger partial charge >= 0.3 is 0 Å². The Morgan fingerprint density at radius 3 is 2.36 bits per heavy atom. The summed E-state index contributed by atoms with van der Waals surface area (Å²) in [4.78, 5) is 0. The Morgan fingerprint density at radius 1 is 1.36 bits per heavy atom. The number of nitrogens with two attached hydrogens (primary N) is 1. The first kappa shape index (κ1) is 11.8. The zero-order valence-corrected chi connectivity index (χ0v) is 9.57. The average Bonchev–Trinajstić information content (AvgIpc) is 2.18. The van der Waals surface area contributed by atoms with E-state index in [1.807, 2.05) is 18.2 Å². The van der Waals surface area contributed by atoms with Crippen molar-refractivity contribution < 1.29 is 0 Å². The van der Waals surface area contributed by atoms with Crippen LogP contribution in [-0.4, -0.2) is 6.04 Å². The molecule has 0 saturated carbocycles. The largest absolute Gasteiger partial charge is 0.271 e. The number of nitrogens with one attached hydrogen (secondary N) is 1. The number of hydrazine groups is 1. The predicted octanol–water partition coefficient (Wildman–Crippen LogP) is 2.78. The van der Waals surface area contributed by atoms with Crippen molar-refractivity contribution in [3.8, 4) is 0 Å². The van der Waals surface area contributed by atoms with Crippen molar-refractivity contribution in [1.82, 2.24) is 5.43 Å². The van der Waals surface area contributed by atoms with Gasteiger partial charge in [0.05, 0.1) is 0 Å². The molecule has 1 aromatic rings. The van der Waals surface area contributed by atoms with Crippen LogP contribution in [0.4, 0.5) is 0 Å². The molecular weight excluding hydrogens is 219 g/mol. The van der Waals surface area contributed by atoms with E-state index in [1.165, 1.54) is 0 Å². The average molecular weight is 233 g/mol. The molecule has 0 saturated heterocycles. The van der Waals surface area contributed by atoms with Crippen molar-refractivity contribution in [2.24, 2.45) is 5.84 Å². The maximum absolute atomic E-state index is 6.03. The van der Waals surface area contributed by atoms with E-state index in [2.05, 4.69) is 12.3 Å². The Morgan fingerprint density at radius 2 is 1.93 bits per heavy atom. The number of rotatable bonds is 4. The van der Waals surface area contributed by atoms with E-state index in [-0.39, 0.29) is 6.04 Å². The number of hydrogen-bond donors (Lipinski definition) is 2. The third-order valence-electron chi connectivity index (χ3n) is 2.24. The fraction of sp³-hybridized carbons (Fsp3) is 0.400. The fourth-order valence-electron chi connectivity index (χ4n) is 1.29. The summed E-state index contributed by atoms with van der Waals surface area (Å²) in [5.74, 6) is 5.40. The first-order chi connectivity index (χ1) is 6.69. The molecule has 3 N–H and O–H groups in total. The SMILES string of the molecule is CCC(Cc1c(Cl)cccc1Cl)NN. The highest BCUT2D eigenvalue weighted by Gasteiger charge is 2.10. The van der Waals surface area contributed by atoms with Crippen LogP contribution in [0, 0.1) is 0 Å². The molecule has 1 rings (SSSR count). The Balaban J connectivity index is 2.84. The molecule has 0 heterocycles.